The molecule has 0 saturated heterocycles. The van der Waals surface area contributed by atoms with Crippen molar-refractivity contribution < 1.29 is 9.63 Å². The molecular formula is C14H16N2O2. The highest BCUT2D eigenvalue weighted by molar-refractivity contribution is 5.91. The Morgan fingerprint density at radius 2 is 2.06 bits per heavy atom. The van der Waals surface area contributed by atoms with Crippen LogP contribution in [0.5, 0.6) is 0 Å². The molecule has 4 heteroatoms. The van der Waals surface area contributed by atoms with E-state index in [9.17, 15) is 4.79 Å². The lowest BCUT2D eigenvalue weighted by molar-refractivity contribution is -0.124. The summed E-state index contributed by atoms with van der Waals surface area (Å²) in [4.78, 5) is 17.0. The van der Waals surface area contributed by atoms with Crippen LogP contribution in [0.15, 0.2) is 29.4 Å². The second-order valence-corrected chi connectivity index (χ2v) is 4.83. The van der Waals surface area contributed by atoms with Gasteiger partial charge in [0.15, 0.2) is 0 Å². The van der Waals surface area contributed by atoms with Crippen molar-refractivity contribution in [3.8, 4) is 0 Å². The predicted octanol–water partition coefficient (Wildman–Crippen LogP) is 1.29. The van der Waals surface area contributed by atoms with Gasteiger partial charge in [-0.1, -0.05) is 29.4 Å². The van der Waals surface area contributed by atoms with Crippen LogP contribution in [0.25, 0.3) is 0 Å². The molecule has 1 aliphatic carbocycles. The van der Waals surface area contributed by atoms with Crippen LogP contribution in [0.1, 0.15) is 17.5 Å². The van der Waals surface area contributed by atoms with Gasteiger partial charge in [0.05, 0.1) is 12.3 Å². The maximum absolute atomic E-state index is 12.1. The Kier molecular flexibility index (Phi) is 3.00. The maximum atomic E-state index is 12.1. The minimum absolute atomic E-state index is 0.0744. The fourth-order valence-corrected chi connectivity index (χ4v) is 2.54. The quantitative estimate of drug-likeness (QED) is 0.871. The van der Waals surface area contributed by atoms with Crippen LogP contribution in [0.3, 0.4) is 0 Å². The number of oxime groups is 1. The lowest BCUT2D eigenvalue weighted by atomic mass is 10.1. The molecule has 1 aromatic carbocycles. The van der Waals surface area contributed by atoms with Gasteiger partial charge in [0.25, 0.3) is 0 Å². The number of amides is 1. The molecule has 0 bridgehead atoms. The van der Waals surface area contributed by atoms with Crippen molar-refractivity contribution in [1.29, 1.82) is 0 Å². The van der Waals surface area contributed by atoms with E-state index in [2.05, 4.69) is 22.6 Å². The molecule has 4 nitrogen and oxygen atoms in total. The number of nitrogens with zero attached hydrogens (tertiary/aromatic N) is 1. The van der Waals surface area contributed by atoms with Crippen molar-refractivity contribution in [3.63, 3.8) is 0 Å². The van der Waals surface area contributed by atoms with Gasteiger partial charge in [-0.3, -0.25) is 4.79 Å². The van der Waals surface area contributed by atoms with Crippen LogP contribution < -0.4 is 5.32 Å². The van der Waals surface area contributed by atoms with Crippen LogP contribution in [-0.4, -0.2) is 24.8 Å². The normalized spacial score (nSPS) is 18.1. The molecule has 2 aliphatic rings. The third-order valence-corrected chi connectivity index (χ3v) is 3.56. The first kappa shape index (κ1) is 11.3. The molecule has 1 amide bonds. The number of benzene rings is 1. The molecule has 3 rings (SSSR count). The number of fused-ring (bicyclic) bond motifs is 1. The monoisotopic (exact) mass is 244 g/mol. The van der Waals surface area contributed by atoms with E-state index in [1.807, 2.05) is 12.1 Å². The van der Waals surface area contributed by atoms with E-state index in [0.29, 0.717) is 13.2 Å². The van der Waals surface area contributed by atoms with E-state index in [1.54, 1.807) is 0 Å². The van der Waals surface area contributed by atoms with Crippen molar-refractivity contribution in [2.75, 3.05) is 13.2 Å². The molecule has 0 spiro atoms. The molecule has 18 heavy (non-hydrogen) atoms. The Bertz CT molecular complexity index is 471. The van der Waals surface area contributed by atoms with E-state index < -0.39 is 0 Å². The molecule has 94 valence electrons. The lowest BCUT2D eigenvalue weighted by Crippen LogP contribution is -2.34. The zero-order valence-corrected chi connectivity index (χ0v) is 10.2. The van der Waals surface area contributed by atoms with Gasteiger partial charge < -0.3 is 10.2 Å². The Morgan fingerprint density at radius 3 is 2.67 bits per heavy atom. The summed E-state index contributed by atoms with van der Waals surface area (Å²) in [6.07, 6.45) is 2.53. The zero-order valence-electron chi connectivity index (χ0n) is 10.2. The van der Waals surface area contributed by atoms with Crippen LogP contribution in [0.4, 0.5) is 0 Å². The smallest absolute Gasteiger partial charge is 0.224 e. The SMILES string of the molecule is O=C(NCC1=NOCC1)C1Cc2ccccc2C1. The highest BCUT2D eigenvalue weighted by Crippen LogP contribution is 2.26. The van der Waals surface area contributed by atoms with Crippen molar-refractivity contribution in [2.24, 2.45) is 11.1 Å². The Hall–Kier alpha value is -1.84. The van der Waals surface area contributed by atoms with E-state index in [1.165, 1.54) is 11.1 Å². The molecule has 1 N–H and O–H groups in total. The van der Waals surface area contributed by atoms with Gasteiger partial charge in [0.1, 0.15) is 6.61 Å². The largest absolute Gasteiger partial charge is 0.395 e. The summed E-state index contributed by atoms with van der Waals surface area (Å²) in [6, 6.07) is 8.28. The van der Waals surface area contributed by atoms with E-state index >= 15 is 0 Å². The van der Waals surface area contributed by atoms with Crippen LogP contribution in [0, 0.1) is 5.92 Å². The summed E-state index contributed by atoms with van der Waals surface area (Å²) in [5, 5.41) is 6.83. The van der Waals surface area contributed by atoms with E-state index in [4.69, 9.17) is 4.84 Å². The predicted molar refractivity (Wildman–Crippen MR) is 68.4 cm³/mol. The highest BCUT2D eigenvalue weighted by Gasteiger charge is 2.27. The molecule has 1 heterocycles. The molecule has 0 atom stereocenters. The Labute approximate surface area is 106 Å². The fraction of sp³-hybridized carbons (Fsp3) is 0.429. The average Bonchev–Trinajstić information content (AvgIpc) is 3.04. The van der Waals surface area contributed by atoms with Crippen molar-refractivity contribution in [3.05, 3.63) is 35.4 Å². The summed E-state index contributed by atoms with van der Waals surface area (Å²) in [7, 11) is 0. The average molecular weight is 244 g/mol. The summed E-state index contributed by atoms with van der Waals surface area (Å²) >= 11 is 0. The summed E-state index contributed by atoms with van der Waals surface area (Å²) in [5.41, 5.74) is 3.54. The number of hydrogen-bond donors (Lipinski definition) is 1. The minimum atomic E-state index is 0.0744. The van der Waals surface area contributed by atoms with Gasteiger partial charge in [-0.15, -0.1) is 0 Å². The molecule has 0 unspecified atom stereocenters. The Morgan fingerprint density at radius 1 is 1.33 bits per heavy atom. The summed E-state index contributed by atoms with van der Waals surface area (Å²) < 4.78 is 0. The number of nitrogens with one attached hydrogen (secondary N) is 1. The standard InChI is InChI=1S/C14H16N2O2/c17-14(15-9-13-5-6-18-16-13)12-7-10-3-1-2-4-11(10)8-12/h1-4,12H,5-9H2,(H,15,17). The number of carbonyl (C=O) groups excluding carboxylic acids is 1. The lowest BCUT2D eigenvalue weighted by Gasteiger charge is -2.09. The molecule has 0 saturated carbocycles. The van der Waals surface area contributed by atoms with Gasteiger partial charge in [-0.2, -0.15) is 0 Å². The van der Waals surface area contributed by atoms with Crippen molar-refractivity contribution in [1.82, 2.24) is 5.32 Å². The minimum Gasteiger partial charge on any atom is -0.395 e. The first-order valence-electron chi connectivity index (χ1n) is 6.35. The third kappa shape index (κ3) is 2.23. The van der Waals surface area contributed by atoms with Crippen LogP contribution in [0.2, 0.25) is 0 Å². The van der Waals surface area contributed by atoms with Crippen molar-refractivity contribution in [2.45, 2.75) is 19.3 Å². The fourth-order valence-electron chi connectivity index (χ4n) is 2.54. The first-order chi connectivity index (χ1) is 8.83. The second kappa shape index (κ2) is 4.80. The van der Waals surface area contributed by atoms with Crippen LogP contribution >= 0.6 is 0 Å². The maximum Gasteiger partial charge on any atom is 0.224 e. The van der Waals surface area contributed by atoms with Gasteiger partial charge in [0.2, 0.25) is 5.91 Å². The number of hydrogen-bond acceptors (Lipinski definition) is 3. The van der Waals surface area contributed by atoms with Gasteiger partial charge in [0, 0.05) is 12.3 Å². The molecule has 1 aromatic rings. The Balaban J connectivity index is 1.55. The van der Waals surface area contributed by atoms with E-state index in [0.717, 1.165) is 25.0 Å². The number of rotatable bonds is 3. The first-order valence-corrected chi connectivity index (χ1v) is 6.35. The molecule has 0 radical (unpaired) electrons. The highest BCUT2D eigenvalue weighted by atomic mass is 16.6. The van der Waals surface area contributed by atoms with Crippen molar-refractivity contribution >= 4 is 11.6 Å². The summed E-state index contributed by atoms with van der Waals surface area (Å²) in [5.74, 6) is 0.200. The zero-order chi connectivity index (χ0) is 12.4. The molecule has 1 aliphatic heterocycles. The topological polar surface area (TPSA) is 50.7 Å². The van der Waals surface area contributed by atoms with Gasteiger partial charge >= 0.3 is 0 Å². The van der Waals surface area contributed by atoms with Gasteiger partial charge in [-0.05, 0) is 24.0 Å². The second-order valence-electron chi connectivity index (χ2n) is 4.83. The number of carbonyl (C=O) groups is 1. The van der Waals surface area contributed by atoms with Gasteiger partial charge in [-0.25, -0.2) is 0 Å². The van der Waals surface area contributed by atoms with Crippen LogP contribution in [-0.2, 0) is 22.5 Å². The third-order valence-electron chi connectivity index (χ3n) is 3.56. The van der Waals surface area contributed by atoms with E-state index in [-0.39, 0.29) is 11.8 Å². The molecule has 0 aromatic heterocycles. The molecular weight excluding hydrogens is 228 g/mol. The molecule has 0 fully saturated rings. The summed E-state index contributed by atoms with van der Waals surface area (Å²) in [6.45, 7) is 1.16.